The normalized spacial score (nSPS) is 10.6. The van der Waals surface area contributed by atoms with Crippen LogP contribution in [0.1, 0.15) is 5.56 Å². The first kappa shape index (κ1) is 14.0. The second kappa shape index (κ2) is 5.45. The molecule has 0 unspecified atom stereocenters. The van der Waals surface area contributed by atoms with Gasteiger partial charge in [-0.3, -0.25) is 0 Å². The summed E-state index contributed by atoms with van der Waals surface area (Å²) in [6.07, 6.45) is 0. The van der Waals surface area contributed by atoms with E-state index in [1.807, 2.05) is 19.1 Å². The van der Waals surface area contributed by atoms with E-state index in [-0.39, 0.29) is 17.2 Å². The van der Waals surface area contributed by atoms with Crippen molar-refractivity contribution in [1.82, 2.24) is 0 Å². The van der Waals surface area contributed by atoms with Gasteiger partial charge in [-0.1, -0.05) is 36.4 Å². The summed E-state index contributed by atoms with van der Waals surface area (Å²) in [6, 6.07) is 17.3. The second-order valence-corrected chi connectivity index (χ2v) is 5.25. The van der Waals surface area contributed by atoms with Crippen molar-refractivity contribution in [1.29, 1.82) is 0 Å². The molecule has 0 bridgehead atoms. The maximum Gasteiger partial charge on any atom is 0.131 e. The van der Waals surface area contributed by atoms with Crippen molar-refractivity contribution in [2.75, 3.05) is 0 Å². The van der Waals surface area contributed by atoms with E-state index < -0.39 is 0 Å². The van der Waals surface area contributed by atoms with Gasteiger partial charge in [-0.05, 0) is 47.9 Å². The first-order chi connectivity index (χ1) is 10.6. The molecule has 0 aliphatic heterocycles. The van der Waals surface area contributed by atoms with Gasteiger partial charge in [0.1, 0.15) is 17.2 Å². The van der Waals surface area contributed by atoms with E-state index in [1.165, 1.54) is 0 Å². The molecule has 0 heterocycles. The fourth-order valence-electron chi connectivity index (χ4n) is 2.56. The summed E-state index contributed by atoms with van der Waals surface area (Å²) in [7, 11) is 0. The molecule has 110 valence electrons. The molecule has 0 saturated heterocycles. The molecule has 3 aromatic carbocycles. The molecule has 3 rings (SSSR count). The fourth-order valence-corrected chi connectivity index (χ4v) is 2.56. The number of phenolic OH excluding ortho intramolecular Hbond substituents is 3. The highest BCUT2D eigenvalue weighted by Gasteiger charge is 2.13. The van der Waals surface area contributed by atoms with Crippen LogP contribution in [0.25, 0.3) is 22.3 Å². The summed E-state index contributed by atoms with van der Waals surface area (Å²) in [4.78, 5) is 0. The molecule has 3 heteroatoms. The second-order valence-electron chi connectivity index (χ2n) is 5.25. The van der Waals surface area contributed by atoms with Crippen LogP contribution in [-0.2, 0) is 0 Å². The van der Waals surface area contributed by atoms with Crippen LogP contribution < -0.4 is 0 Å². The molecule has 0 aliphatic carbocycles. The molecule has 3 nitrogen and oxygen atoms in total. The van der Waals surface area contributed by atoms with Crippen molar-refractivity contribution in [3.63, 3.8) is 0 Å². The van der Waals surface area contributed by atoms with Crippen LogP contribution in [-0.4, -0.2) is 15.3 Å². The van der Waals surface area contributed by atoms with Gasteiger partial charge in [0.2, 0.25) is 0 Å². The number of aromatic hydroxyl groups is 3. The number of hydrogen-bond acceptors (Lipinski definition) is 3. The Morgan fingerprint density at radius 3 is 1.64 bits per heavy atom. The zero-order valence-electron chi connectivity index (χ0n) is 12.1. The van der Waals surface area contributed by atoms with E-state index in [1.54, 1.807) is 48.5 Å². The maximum atomic E-state index is 10.7. The van der Waals surface area contributed by atoms with Crippen molar-refractivity contribution in [2.24, 2.45) is 0 Å². The lowest BCUT2D eigenvalue weighted by molar-refractivity contribution is 0.474. The Morgan fingerprint density at radius 1 is 0.591 bits per heavy atom. The lowest BCUT2D eigenvalue weighted by Gasteiger charge is -2.13. The molecule has 0 radical (unpaired) electrons. The molecule has 3 aromatic rings. The van der Waals surface area contributed by atoms with Crippen molar-refractivity contribution >= 4 is 0 Å². The predicted molar refractivity (Wildman–Crippen MR) is 87.0 cm³/mol. The van der Waals surface area contributed by atoms with Crippen LogP contribution in [0.5, 0.6) is 17.2 Å². The maximum absolute atomic E-state index is 10.7. The highest BCUT2D eigenvalue weighted by molar-refractivity contribution is 5.84. The largest absolute Gasteiger partial charge is 0.508 e. The van der Waals surface area contributed by atoms with E-state index in [0.29, 0.717) is 5.56 Å². The zero-order chi connectivity index (χ0) is 15.7. The monoisotopic (exact) mass is 292 g/mol. The Labute approximate surface area is 128 Å². The number of aryl methyl sites for hydroxylation is 1. The Bertz CT molecular complexity index is 803. The summed E-state index contributed by atoms with van der Waals surface area (Å²) in [5.74, 6) is 0.570. The minimum atomic E-state index is 0.189. The van der Waals surface area contributed by atoms with Crippen molar-refractivity contribution in [3.8, 4) is 39.5 Å². The molecule has 0 fully saturated rings. The van der Waals surface area contributed by atoms with Crippen molar-refractivity contribution in [3.05, 3.63) is 66.2 Å². The average Bonchev–Trinajstić information content (AvgIpc) is 2.51. The van der Waals surface area contributed by atoms with E-state index >= 15 is 0 Å². The minimum Gasteiger partial charge on any atom is -0.508 e. The van der Waals surface area contributed by atoms with Crippen LogP contribution in [0, 0.1) is 6.92 Å². The third-order valence-corrected chi connectivity index (χ3v) is 3.72. The SMILES string of the molecule is Cc1ccc(-c2ccc(O)cc2)c(O)c1-c1ccc(O)cc1. The predicted octanol–water partition coefficient (Wildman–Crippen LogP) is 4.45. The van der Waals surface area contributed by atoms with Crippen LogP contribution in [0.2, 0.25) is 0 Å². The first-order valence-electron chi connectivity index (χ1n) is 6.97. The Hall–Kier alpha value is -2.94. The van der Waals surface area contributed by atoms with Gasteiger partial charge >= 0.3 is 0 Å². The topological polar surface area (TPSA) is 60.7 Å². The number of benzene rings is 3. The zero-order valence-corrected chi connectivity index (χ0v) is 12.1. The fraction of sp³-hybridized carbons (Fsp3) is 0.0526. The molecule has 0 saturated carbocycles. The van der Waals surface area contributed by atoms with Crippen molar-refractivity contribution < 1.29 is 15.3 Å². The van der Waals surface area contributed by atoms with Gasteiger partial charge in [0, 0.05) is 11.1 Å². The van der Waals surface area contributed by atoms with E-state index in [2.05, 4.69) is 0 Å². The van der Waals surface area contributed by atoms with E-state index in [9.17, 15) is 15.3 Å². The summed E-state index contributed by atoms with van der Waals surface area (Å²) >= 11 is 0. The smallest absolute Gasteiger partial charge is 0.131 e. The molecule has 0 aromatic heterocycles. The molecule has 0 spiro atoms. The average molecular weight is 292 g/mol. The van der Waals surface area contributed by atoms with E-state index in [0.717, 1.165) is 22.3 Å². The number of phenols is 3. The third-order valence-electron chi connectivity index (χ3n) is 3.72. The van der Waals surface area contributed by atoms with Crippen LogP contribution in [0.15, 0.2) is 60.7 Å². The Balaban J connectivity index is 2.17. The molecular weight excluding hydrogens is 276 g/mol. The van der Waals surface area contributed by atoms with Crippen LogP contribution in [0.3, 0.4) is 0 Å². The first-order valence-corrected chi connectivity index (χ1v) is 6.97. The number of hydrogen-bond donors (Lipinski definition) is 3. The summed E-state index contributed by atoms with van der Waals surface area (Å²) < 4.78 is 0. The molecule has 0 aliphatic rings. The molecule has 3 N–H and O–H groups in total. The van der Waals surface area contributed by atoms with E-state index in [4.69, 9.17) is 0 Å². The third kappa shape index (κ3) is 2.49. The molecule has 0 atom stereocenters. The lowest BCUT2D eigenvalue weighted by Crippen LogP contribution is -1.88. The van der Waals surface area contributed by atoms with Gasteiger partial charge in [0.25, 0.3) is 0 Å². The number of rotatable bonds is 2. The van der Waals surface area contributed by atoms with Crippen LogP contribution >= 0.6 is 0 Å². The van der Waals surface area contributed by atoms with Gasteiger partial charge in [-0.2, -0.15) is 0 Å². The summed E-state index contributed by atoms with van der Waals surface area (Å²) in [6.45, 7) is 1.93. The lowest BCUT2D eigenvalue weighted by atomic mass is 9.93. The summed E-state index contributed by atoms with van der Waals surface area (Å²) in [5.41, 5.74) is 4.06. The van der Waals surface area contributed by atoms with Gasteiger partial charge in [0.15, 0.2) is 0 Å². The Kier molecular flexibility index (Phi) is 3.47. The summed E-state index contributed by atoms with van der Waals surface area (Å²) in [5, 5.41) is 29.5. The minimum absolute atomic E-state index is 0.189. The molecule has 0 amide bonds. The van der Waals surface area contributed by atoms with Gasteiger partial charge < -0.3 is 15.3 Å². The molecular formula is C19H16O3. The van der Waals surface area contributed by atoms with Gasteiger partial charge in [-0.15, -0.1) is 0 Å². The van der Waals surface area contributed by atoms with Gasteiger partial charge in [-0.25, -0.2) is 0 Å². The molecule has 22 heavy (non-hydrogen) atoms. The van der Waals surface area contributed by atoms with Gasteiger partial charge in [0.05, 0.1) is 0 Å². The highest BCUT2D eigenvalue weighted by atomic mass is 16.3. The van der Waals surface area contributed by atoms with Crippen molar-refractivity contribution in [2.45, 2.75) is 6.92 Å². The quantitative estimate of drug-likeness (QED) is 0.654. The Morgan fingerprint density at radius 2 is 1.09 bits per heavy atom. The van der Waals surface area contributed by atoms with Crippen LogP contribution in [0.4, 0.5) is 0 Å². The standard InChI is InChI=1S/C19H16O3/c1-12-2-11-17(13-3-7-15(20)8-4-13)19(22)18(12)14-5-9-16(21)10-6-14/h2-11,20-22H,1H3. The highest BCUT2D eigenvalue weighted by Crippen LogP contribution is 2.40.